The van der Waals surface area contributed by atoms with E-state index in [1.54, 1.807) is 18.2 Å². The standard InChI is InChI=1S/C27H25N3O5/c31-25(29-17-5-6-20-22(13-17)34-12-11-33-20)23-21-7-9-27(35-21)15-30(26(32)24(23)27)10-8-16-14-28-19-4-2-1-3-18(16)19/h1-7,9,13-14,21,23-24,28H,8,10-12,15H2,(H,29,31)/t21?,23?,24?,27-/m1/s1. The van der Waals surface area contributed by atoms with Gasteiger partial charge in [0.1, 0.15) is 18.8 Å². The maximum atomic E-state index is 13.5. The molecule has 0 aliphatic carbocycles. The van der Waals surface area contributed by atoms with E-state index in [1.807, 2.05) is 41.4 Å². The number of hydrogen-bond acceptors (Lipinski definition) is 5. The molecule has 4 aliphatic rings. The van der Waals surface area contributed by atoms with Crippen molar-refractivity contribution in [1.29, 1.82) is 0 Å². The number of carbonyl (C=O) groups is 2. The van der Waals surface area contributed by atoms with Gasteiger partial charge in [-0.2, -0.15) is 0 Å². The molecule has 0 saturated carbocycles. The van der Waals surface area contributed by atoms with E-state index in [9.17, 15) is 9.59 Å². The van der Waals surface area contributed by atoms with E-state index in [0.717, 1.165) is 11.9 Å². The van der Waals surface area contributed by atoms with Gasteiger partial charge < -0.3 is 29.4 Å². The number of aromatic amines is 1. The highest BCUT2D eigenvalue weighted by Crippen LogP contribution is 2.52. The topological polar surface area (TPSA) is 92.9 Å². The van der Waals surface area contributed by atoms with Gasteiger partial charge in [-0.1, -0.05) is 30.4 Å². The fourth-order valence-corrected chi connectivity index (χ4v) is 6.01. The number of nitrogens with zero attached hydrogens (tertiary/aromatic N) is 1. The van der Waals surface area contributed by atoms with Crippen molar-refractivity contribution in [2.75, 3.05) is 31.6 Å². The second-order valence-corrected chi connectivity index (χ2v) is 9.62. The number of para-hydroxylation sites is 1. The molecule has 4 atom stereocenters. The fraction of sp³-hybridized carbons (Fsp3) is 0.333. The normalized spacial score (nSPS) is 28.1. The van der Waals surface area contributed by atoms with Gasteiger partial charge in [0.15, 0.2) is 11.5 Å². The van der Waals surface area contributed by atoms with Crippen LogP contribution >= 0.6 is 0 Å². The zero-order valence-corrected chi connectivity index (χ0v) is 19.0. The van der Waals surface area contributed by atoms with Crippen molar-refractivity contribution in [3.05, 3.63) is 66.4 Å². The van der Waals surface area contributed by atoms with Gasteiger partial charge >= 0.3 is 0 Å². The van der Waals surface area contributed by atoms with Gasteiger partial charge in [-0.15, -0.1) is 0 Å². The monoisotopic (exact) mass is 471 g/mol. The van der Waals surface area contributed by atoms with Crippen LogP contribution in [0.4, 0.5) is 5.69 Å². The van der Waals surface area contributed by atoms with Crippen LogP contribution in [0.2, 0.25) is 0 Å². The number of amides is 2. The number of anilines is 1. The fourth-order valence-electron chi connectivity index (χ4n) is 6.01. The number of rotatable bonds is 5. The van der Waals surface area contributed by atoms with Crippen molar-refractivity contribution < 1.29 is 23.8 Å². The molecule has 4 aliphatic heterocycles. The predicted molar refractivity (Wildman–Crippen MR) is 128 cm³/mol. The molecule has 7 rings (SSSR count). The van der Waals surface area contributed by atoms with Crippen molar-refractivity contribution >= 4 is 28.4 Å². The summed E-state index contributed by atoms with van der Waals surface area (Å²) in [6.45, 7) is 2.03. The molecule has 3 aromatic rings. The number of hydrogen-bond donors (Lipinski definition) is 2. The Morgan fingerprint density at radius 1 is 1.14 bits per heavy atom. The van der Waals surface area contributed by atoms with Gasteiger partial charge in [0.2, 0.25) is 11.8 Å². The van der Waals surface area contributed by atoms with Gasteiger partial charge in [-0.25, -0.2) is 0 Å². The number of nitrogens with one attached hydrogen (secondary N) is 2. The Bertz CT molecular complexity index is 1380. The Kier molecular flexibility index (Phi) is 4.48. The number of ether oxygens (including phenoxy) is 3. The Hall–Kier alpha value is -3.78. The number of fused-ring (bicyclic) bond motifs is 3. The first kappa shape index (κ1) is 20.6. The Morgan fingerprint density at radius 2 is 2.00 bits per heavy atom. The minimum Gasteiger partial charge on any atom is -0.486 e. The van der Waals surface area contributed by atoms with E-state index >= 15 is 0 Å². The number of aromatic nitrogens is 1. The molecule has 2 saturated heterocycles. The number of benzene rings is 2. The third-order valence-corrected chi connectivity index (χ3v) is 7.62. The molecule has 5 heterocycles. The molecule has 1 spiro atoms. The summed E-state index contributed by atoms with van der Waals surface area (Å²) in [7, 11) is 0. The first-order valence-corrected chi connectivity index (χ1v) is 12.0. The highest BCUT2D eigenvalue weighted by atomic mass is 16.6. The Morgan fingerprint density at radius 3 is 2.91 bits per heavy atom. The van der Waals surface area contributed by atoms with Crippen molar-refractivity contribution in [2.24, 2.45) is 11.8 Å². The highest BCUT2D eigenvalue weighted by molar-refractivity contribution is 5.99. The van der Waals surface area contributed by atoms with Gasteiger partial charge in [-0.3, -0.25) is 9.59 Å². The average Bonchev–Trinajstić information content (AvgIpc) is 3.62. The van der Waals surface area contributed by atoms with Gasteiger partial charge in [-0.05, 0) is 30.2 Å². The number of likely N-dealkylation sites (tertiary alicyclic amines) is 1. The largest absolute Gasteiger partial charge is 0.486 e. The smallest absolute Gasteiger partial charge is 0.231 e. The molecule has 1 aromatic heterocycles. The molecule has 2 N–H and O–H groups in total. The molecule has 8 heteroatoms. The van der Waals surface area contributed by atoms with Crippen LogP contribution in [-0.4, -0.2) is 59.7 Å². The summed E-state index contributed by atoms with van der Waals surface area (Å²) in [5, 5.41) is 4.15. The third kappa shape index (κ3) is 3.16. The lowest BCUT2D eigenvalue weighted by molar-refractivity contribution is -0.135. The summed E-state index contributed by atoms with van der Waals surface area (Å²) in [5.74, 6) is -0.0450. The maximum Gasteiger partial charge on any atom is 0.231 e. The van der Waals surface area contributed by atoms with E-state index in [2.05, 4.69) is 16.4 Å². The van der Waals surface area contributed by atoms with Crippen LogP contribution in [0.15, 0.2) is 60.8 Å². The average molecular weight is 472 g/mol. The lowest BCUT2D eigenvalue weighted by Crippen LogP contribution is -2.41. The van der Waals surface area contributed by atoms with Gasteiger partial charge in [0, 0.05) is 35.4 Å². The first-order valence-electron chi connectivity index (χ1n) is 12.0. The second-order valence-electron chi connectivity index (χ2n) is 9.62. The van der Waals surface area contributed by atoms with Crippen molar-refractivity contribution in [3.63, 3.8) is 0 Å². The number of H-pyrrole nitrogens is 1. The highest BCUT2D eigenvalue weighted by Gasteiger charge is 2.66. The summed E-state index contributed by atoms with van der Waals surface area (Å²) in [6, 6.07) is 13.5. The SMILES string of the molecule is O=C(Nc1ccc2c(c1)OCCO2)C1C2C=C[C@]3(CN(CCc4c[nH]c5ccccc45)C(=O)C13)O2. The quantitative estimate of drug-likeness (QED) is 0.559. The van der Waals surface area contributed by atoms with Gasteiger partial charge in [0.25, 0.3) is 0 Å². The number of carbonyl (C=O) groups excluding carboxylic acids is 2. The summed E-state index contributed by atoms with van der Waals surface area (Å²) >= 11 is 0. The van der Waals surface area contributed by atoms with E-state index in [1.165, 1.54) is 10.9 Å². The molecule has 2 bridgehead atoms. The molecule has 35 heavy (non-hydrogen) atoms. The van der Waals surface area contributed by atoms with Crippen molar-refractivity contribution in [1.82, 2.24) is 9.88 Å². The van der Waals surface area contributed by atoms with Crippen LogP contribution in [0.25, 0.3) is 10.9 Å². The summed E-state index contributed by atoms with van der Waals surface area (Å²) in [6.07, 6.45) is 6.27. The Balaban J connectivity index is 1.09. The first-order chi connectivity index (χ1) is 17.1. The molecule has 3 unspecified atom stereocenters. The zero-order valence-electron chi connectivity index (χ0n) is 19.0. The van der Waals surface area contributed by atoms with Gasteiger partial charge in [0.05, 0.1) is 24.5 Å². The molecule has 2 amide bonds. The third-order valence-electron chi connectivity index (χ3n) is 7.62. The van der Waals surface area contributed by atoms with E-state index in [4.69, 9.17) is 14.2 Å². The van der Waals surface area contributed by atoms with Crippen LogP contribution in [0.3, 0.4) is 0 Å². The van der Waals surface area contributed by atoms with Crippen LogP contribution in [-0.2, 0) is 20.7 Å². The van der Waals surface area contributed by atoms with Crippen molar-refractivity contribution in [2.45, 2.75) is 18.1 Å². The molecule has 0 radical (unpaired) electrons. The molecule has 2 aromatic carbocycles. The van der Waals surface area contributed by atoms with Crippen LogP contribution in [0, 0.1) is 11.8 Å². The summed E-state index contributed by atoms with van der Waals surface area (Å²) in [4.78, 5) is 32.1. The van der Waals surface area contributed by atoms with Crippen LogP contribution in [0.1, 0.15) is 5.56 Å². The predicted octanol–water partition coefficient (Wildman–Crippen LogP) is 2.90. The molecule has 178 valence electrons. The van der Waals surface area contributed by atoms with E-state index < -0.39 is 23.5 Å². The second kappa shape index (κ2) is 7.61. The summed E-state index contributed by atoms with van der Waals surface area (Å²) < 4.78 is 17.5. The van der Waals surface area contributed by atoms with Crippen molar-refractivity contribution in [3.8, 4) is 11.5 Å². The van der Waals surface area contributed by atoms with E-state index in [-0.39, 0.29) is 11.8 Å². The zero-order chi connectivity index (χ0) is 23.6. The lowest BCUT2D eigenvalue weighted by Gasteiger charge is -2.24. The van der Waals surface area contributed by atoms with E-state index in [0.29, 0.717) is 43.5 Å². The molecule has 8 nitrogen and oxygen atoms in total. The minimum absolute atomic E-state index is 0.0148. The molecule has 2 fully saturated rings. The molecular formula is C27H25N3O5. The molecular weight excluding hydrogens is 446 g/mol. The maximum absolute atomic E-state index is 13.5. The Labute approximate surface area is 201 Å². The van der Waals surface area contributed by atoms with Crippen LogP contribution in [0.5, 0.6) is 11.5 Å². The lowest BCUT2D eigenvalue weighted by atomic mass is 9.77. The summed E-state index contributed by atoms with van der Waals surface area (Å²) in [5.41, 5.74) is 2.15. The minimum atomic E-state index is -0.725. The van der Waals surface area contributed by atoms with Crippen LogP contribution < -0.4 is 14.8 Å².